The van der Waals surface area contributed by atoms with Crippen LogP contribution in [0.1, 0.15) is 22.9 Å². The number of hydrogen-bond acceptors (Lipinski definition) is 3. The lowest BCUT2D eigenvalue weighted by Crippen LogP contribution is -2.41. The fourth-order valence-electron chi connectivity index (χ4n) is 3.97. The number of pyridine rings is 1. The van der Waals surface area contributed by atoms with Gasteiger partial charge in [-0.1, -0.05) is 48.5 Å². The molecular formula is C23H20N4O. The minimum absolute atomic E-state index is 0.0869. The summed E-state index contributed by atoms with van der Waals surface area (Å²) in [5.41, 5.74) is 5.04. The van der Waals surface area contributed by atoms with Gasteiger partial charge in [0.15, 0.2) is 0 Å². The molecule has 0 spiro atoms. The summed E-state index contributed by atoms with van der Waals surface area (Å²) in [7, 11) is 0. The van der Waals surface area contributed by atoms with Crippen molar-refractivity contribution in [1.29, 1.82) is 0 Å². The number of carbonyl (C=O) groups excluding carboxylic acids is 1. The molecule has 5 heteroatoms. The molecule has 28 heavy (non-hydrogen) atoms. The summed E-state index contributed by atoms with van der Waals surface area (Å²) in [4.78, 5) is 24.6. The number of para-hydroxylation sites is 2. The Labute approximate surface area is 163 Å². The van der Waals surface area contributed by atoms with E-state index in [-0.39, 0.29) is 5.91 Å². The summed E-state index contributed by atoms with van der Waals surface area (Å²) in [6, 6.07) is 21.4. The maximum absolute atomic E-state index is 13.7. The van der Waals surface area contributed by atoms with Gasteiger partial charge in [0.1, 0.15) is 6.04 Å². The quantitative estimate of drug-likeness (QED) is 0.555. The van der Waals surface area contributed by atoms with Crippen molar-refractivity contribution >= 4 is 16.9 Å². The van der Waals surface area contributed by atoms with E-state index in [1.165, 1.54) is 0 Å². The Morgan fingerprint density at radius 1 is 0.929 bits per heavy atom. The zero-order valence-corrected chi connectivity index (χ0v) is 15.4. The average Bonchev–Trinajstić information content (AvgIpc) is 3.18. The summed E-state index contributed by atoms with van der Waals surface area (Å²) < 4.78 is 1.99. The third-order valence-corrected chi connectivity index (χ3v) is 5.38. The molecule has 3 heterocycles. The second kappa shape index (κ2) is 6.93. The Bertz CT molecular complexity index is 1140. The van der Waals surface area contributed by atoms with Gasteiger partial charge in [-0.2, -0.15) is 0 Å². The highest BCUT2D eigenvalue weighted by Crippen LogP contribution is 2.28. The van der Waals surface area contributed by atoms with Gasteiger partial charge >= 0.3 is 0 Å². The van der Waals surface area contributed by atoms with Crippen LogP contribution in [0.5, 0.6) is 0 Å². The molecule has 2 aromatic carbocycles. The fourth-order valence-corrected chi connectivity index (χ4v) is 3.97. The van der Waals surface area contributed by atoms with Crippen LogP contribution in [0.4, 0.5) is 0 Å². The first-order valence-electron chi connectivity index (χ1n) is 9.49. The first-order valence-corrected chi connectivity index (χ1v) is 9.49. The van der Waals surface area contributed by atoms with Crippen molar-refractivity contribution in [3.63, 3.8) is 0 Å². The summed E-state index contributed by atoms with van der Waals surface area (Å²) >= 11 is 0. The lowest BCUT2D eigenvalue weighted by atomic mass is 10.0. The lowest BCUT2D eigenvalue weighted by molar-refractivity contribution is -0.134. The molecule has 1 amide bonds. The Balaban J connectivity index is 1.57. The number of aromatic nitrogens is 3. The van der Waals surface area contributed by atoms with E-state index in [2.05, 4.69) is 16.0 Å². The molecule has 0 bridgehead atoms. The van der Waals surface area contributed by atoms with E-state index in [0.717, 1.165) is 34.3 Å². The molecule has 5 rings (SSSR count). The van der Waals surface area contributed by atoms with Crippen molar-refractivity contribution in [2.45, 2.75) is 19.0 Å². The zero-order valence-electron chi connectivity index (χ0n) is 15.4. The lowest BCUT2D eigenvalue weighted by Gasteiger charge is -2.32. The summed E-state index contributed by atoms with van der Waals surface area (Å²) in [6.45, 7) is 1.27. The van der Waals surface area contributed by atoms with E-state index >= 15 is 0 Å². The van der Waals surface area contributed by atoms with Crippen molar-refractivity contribution in [1.82, 2.24) is 19.4 Å². The molecular weight excluding hydrogens is 348 g/mol. The number of benzene rings is 2. The molecule has 0 saturated carbocycles. The Morgan fingerprint density at radius 2 is 1.75 bits per heavy atom. The summed E-state index contributed by atoms with van der Waals surface area (Å²) in [6.07, 6.45) is 4.38. The highest BCUT2D eigenvalue weighted by Gasteiger charge is 2.30. The van der Waals surface area contributed by atoms with Crippen LogP contribution in [0.15, 0.2) is 79.3 Å². The Hall–Kier alpha value is -3.47. The normalized spacial score (nSPS) is 14.6. The summed E-state index contributed by atoms with van der Waals surface area (Å²) in [5, 5.41) is 0. The predicted octanol–water partition coefficient (Wildman–Crippen LogP) is 3.61. The van der Waals surface area contributed by atoms with Crippen molar-refractivity contribution in [3.05, 3.63) is 96.1 Å². The van der Waals surface area contributed by atoms with Crippen molar-refractivity contribution < 1.29 is 4.79 Å². The molecule has 1 atom stereocenters. The van der Waals surface area contributed by atoms with Gasteiger partial charge in [-0.25, -0.2) is 4.98 Å². The third kappa shape index (κ3) is 2.85. The van der Waals surface area contributed by atoms with Crippen LogP contribution < -0.4 is 0 Å². The highest BCUT2D eigenvalue weighted by molar-refractivity contribution is 5.87. The van der Waals surface area contributed by atoms with Gasteiger partial charge in [-0.3, -0.25) is 9.78 Å². The largest absolute Gasteiger partial charge is 0.336 e. The van der Waals surface area contributed by atoms with Gasteiger partial charge in [0.25, 0.3) is 5.91 Å². The number of amides is 1. The highest BCUT2D eigenvalue weighted by atomic mass is 16.2. The van der Waals surface area contributed by atoms with Crippen LogP contribution in [0.2, 0.25) is 0 Å². The molecule has 1 unspecified atom stereocenters. The number of nitrogens with zero attached hydrogens (tertiary/aromatic N) is 4. The van der Waals surface area contributed by atoms with Crippen LogP contribution in [-0.4, -0.2) is 31.9 Å². The molecule has 5 nitrogen and oxygen atoms in total. The molecule has 0 fully saturated rings. The van der Waals surface area contributed by atoms with Crippen LogP contribution in [-0.2, 0) is 17.8 Å². The SMILES string of the molecule is O=C(C(c1ccccc1)n1cnc2ccccc21)N1CCc2ncccc2C1. The van der Waals surface area contributed by atoms with E-state index < -0.39 is 6.04 Å². The molecule has 2 aromatic heterocycles. The number of imidazole rings is 1. The van der Waals surface area contributed by atoms with E-state index in [0.29, 0.717) is 13.1 Å². The van der Waals surface area contributed by atoms with E-state index in [1.807, 2.05) is 76.3 Å². The average molecular weight is 368 g/mol. The van der Waals surface area contributed by atoms with Gasteiger partial charge in [0.2, 0.25) is 0 Å². The smallest absolute Gasteiger partial charge is 0.250 e. The van der Waals surface area contributed by atoms with E-state index in [9.17, 15) is 4.79 Å². The van der Waals surface area contributed by atoms with E-state index in [4.69, 9.17) is 0 Å². The molecule has 138 valence electrons. The molecule has 1 aliphatic rings. The second-order valence-electron chi connectivity index (χ2n) is 7.07. The minimum Gasteiger partial charge on any atom is -0.336 e. The van der Waals surface area contributed by atoms with Crippen molar-refractivity contribution in [3.8, 4) is 0 Å². The standard InChI is InChI=1S/C23H20N4O/c28-23(26-14-12-19-18(15-26)9-6-13-24-19)22(17-7-2-1-3-8-17)27-16-25-20-10-4-5-11-21(20)27/h1-11,13,16,22H,12,14-15H2. The minimum atomic E-state index is -0.438. The molecule has 4 aromatic rings. The van der Waals surface area contributed by atoms with Gasteiger partial charge in [-0.15, -0.1) is 0 Å². The number of carbonyl (C=O) groups is 1. The Kier molecular flexibility index (Phi) is 4.13. The maximum atomic E-state index is 13.7. The first kappa shape index (κ1) is 16.7. The zero-order chi connectivity index (χ0) is 18.9. The summed E-state index contributed by atoms with van der Waals surface area (Å²) in [5.74, 6) is 0.0869. The predicted molar refractivity (Wildman–Crippen MR) is 108 cm³/mol. The fraction of sp³-hybridized carbons (Fsp3) is 0.174. The third-order valence-electron chi connectivity index (χ3n) is 5.38. The number of hydrogen-bond donors (Lipinski definition) is 0. The molecule has 1 aliphatic heterocycles. The maximum Gasteiger partial charge on any atom is 0.250 e. The molecule has 0 radical (unpaired) electrons. The van der Waals surface area contributed by atoms with Gasteiger partial charge < -0.3 is 9.47 Å². The van der Waals surface area contributed by atoms with Gasteiger partial charge in [-0.05, 0) is 29.3 Å². The van der Waals surface area contributed by atoms with Gasteiger partial charge in [0, 0.05) is 31.4 Å². The van der Waals surface area contributed by atoms with Crippen molar-refractivity contribution in [2.24, 2.45) is 0 Å². The van der Waals surface area contributed by atoms with Crippen LogP contribution in [0.3, 0.4) is 0 Å². The van der Waals surface area contributed by atoms with Crippen LogP contribution in [0, 0.1) is 0 Å². The topological polar surface area (TPSA) is 51.0 Å². The number of rotatable bonds is 3. The molecule has 0 N–H and O–H groups in total. The monoisotopic (exact) mass is 368 g/mol. The van der Waals surface area contributed by atoms with Crippen LogP contribution >= 0.6 is 0 Å². The Morgan fingerprint density at radius 3 is 2.64 bits per heavy atom. The van der Waals surface area contributed by atoms with E-state index in [1.54, 1.807) is 6.33 Å². The number of fused-ring (bicyclic) bond motifs is 2. The van der Waals surface area contributed by atoms with Crippen molar-refractivity contribution in [2.75, 3.05) is 6.54 Å². The van der Waals surface area contributed by atoms with Crippen LogP contribution in [0.25, 0.3) is 11.0 Å². The second-order valence-corrected chi connectivity index (χ2v) is 7.07. The van der Waals surface area contributed by atoms with Gasteiger partial charge in [0.05, 0.1) is 17.4 Å². The molecule has 0 saturated heterocycles. The molecule has 0 aliphatic carbocycles. The first-order chi connectivity index (χ1) is 13.8.